The van der Waals surface area contributed by atoms with Gasteiger partial charge in [-0.1, -0.05) is 0 Å². The Hall–Kier alpha value is -3.53. The van der Waals surface area contributed by atoms with Gasteiger partial charge in [-0.25, -0.2) is 8.78 Å². The molecule has 0 aliphatic carbocycles. The van der Waals surface area contributed by atoms with Crippen molar-refractivity contribution in [3.8, 4) is 5.75 Å². The van der Waals surface area contributed by atoms with E-state index in [1.165, 1.54) is 19.2 Å². The van der Waals surface area contributed by atoms with Crippen molar-refractivity contribution in [1.29, 1.82) is 0 Å². The van der Waals surface area contributed by atoms with Crippen LogP contribution in [0.5, 0.6) is 5.75 Å². The van der Waals surface area contributed by atoms with Crippen LogP contribution in [-0.2, 0) is 14.3 Å². The number of esters is 1. The monoisotopic (exact) mass is 474 g/mol. The van der Waals surface area contributed by atoms with Crippen LogP contribution in [0.3, 0.4) is 0 Å². The van der Waals surface area contributed by atoms with E-state index >= 15 is 0 Å². The lowest BCUT2D eigenvalue weighted by atomic mass is 9.94. The summed E-state index contributed by atoms with van der Waals surface area (Å²) < 4.78 is 43.3. The van der Waals surface area contributed by atoms with E-state index in [0.717, 1.165) is 12.1 Å². The van der Waals surface area contributed by atoms with Crippen molar-refractivity contribution in [3.63, 3.8) is 0 Å². The number of anilines is 1. The smallest absolute Gasteiger partial charge is 0.308 e. The number of hydrogen-bond acceptors (Lipinski definition) is 6. The number of fused-ring (bicyclic) bond motifs is 2. The number of carbonyl (C=O) groups excluding carboxylic acids is 3. The Morgan fingerprint density at radius 3 is 2.68 bits per heavy atom. The lowest BCUT2D eigenvalue weighted by Crippen LogP contribution is -2.53. The number of carbonyl (C=O) groups is 3. The molecule has 1 N–H and O–H groups in total. The second-order valence-corrected chi connectivity index (χ2v) is 8.24. The van der Waals surface area contributed by atoms with E-state index in [1.807, 2.05) is 0 Å². The fraction of sp³-hybridized carbons (Fsp3) is 0.375. The average molecular weight is 474 g/mol. The molecule has 2 heterocycles. The van der Waals surface area contributed by atoms with Gasteiger partial charge in [-0.05, 0) is 49.2 Å². The van der Waals surface area contributed by atoms with E-state index in [9.17, 15) is 23.2 Å². The van der Waals surface area contributed by atoms with Crippen molar-refractivity contribution in [1.82, 2.24) is 4.90 Å². The summed E-state index contributed by atoms with van der Waals surface area (Å²) in [7, 11) is 3.00. The highest BCUT2D eigenvalue weighted by Gasteiger charge is 2.39. The second kappa shape index (κ2) is 9.76. The fourth-order valence-corrected chi connectivity index (χ4v) is 4.22. The van der Waals surface area contributed by atoms with Gasteiger partial charge in [0.1, 0.15) is 18.5 Å². The molecule has 1 saturated heterocycles. The molecule has 4 rings (SSSR count). The van der Waals surface area contributed by atoms with Crippen molar-refractivity contribution < 1.29 is 37.4 Å². The Bertz CT molecular complexity index is 1120. The number of likely N-dealkylation sites (N-methyl/N-ethyl adjacent to an activating group) is 1. The van der Waals surface area contributed by atoms with Gasteiger partial charge < -0.3 is 24.4 Å². The molecular formula is C24H24F2N2O6. The van der Waals surface area contributed by atoms with Gasteiger partial charge in [0.2, 0.25) is 0 Å². The third-order valence-electron chi connectivity index (χ3n) is 6.07. The van der Waals surface area contributed by atoms with Crippen LogP contribution < -0.4 is 10.1 Å². The number of ether oxygens (including phenoxy) is 3. The number of hydrogen-bond donors (Lipinski definition) is 1. The minimum absolute atomic E-state index is 0.0611. The van der Waals surface area contributed by atoms with Gasteiger partial charge in [-0.2, -0.15) is 0 Å². The lowest BCUT2D eigenvalue weighted by Gasteiger charge is -2.42. The van der Waals surface area contributed by atoms with Gasteiger partial charge in [0.05, 0.1) is 31.2 Å². The summed E-state index contributed by atoms with van der Waals surface area (Å²) >= 11 is 0. The van der Waals surface area contributed by atoms with Gasteiger partial charge >= 0.3 is 5.97 Å². The molecule has 0 unspecified atom stereocenters. The highest BCUT2D eigenvalue weighted by atomic mass is 19.2. The molecule has 0 aromatic heterocycles. The van der Waals surface area contributed by atoms with Crippen LogP contribution in [-0.4, -0.2) is 61.7 Å². The molecule has 180 valence electrons. The SMILES string of the molecule is COC(=O)C[C@H]1CC[C@H]2[C@H](COc3ccc(NC(=O)c4ccc(F)c(F)c4)cc3C(=O)N2C)O1. The number of methoxy groups -OCH3 is 1. The third-order valence-corrected chi connectivity index (χ3v) is 6.07. The predicted molar refractivity (Wildman–Crippen MR) is 117 cm³/mol. The second-order valence-electron chi connectivity index (χ2n) is 8.24. The summed E-state index contributed by atoms with van der Waals surface area (Å²) in [5.41, 5.74) is 0.490. The van der Waals surface area contributed by atoms with Gasteiger partial charge in [0, 0.05) is 18.3 Å². The number of nitrogens with zero attached hydrogens (tertiary/aromatic N) is 1. The molecular weight excluding hydrogens is 450 g/mol. The Labute approximate surface area is 194 Å². The van der Waals surface area contributed by atoms with Crippen LogP contribution in [0.1, 0.15) is 40.0 Å². The molecule has 0 bridgehead atoms. The number of halogens is 2. The number of benzene rings is 2. The zero-order valence-corrected chi connectivity index (χ0v) is 18.7. The maximum absolute atomic E-state index is 13.5. The van der Waals surface area contributed by atoms with Crippen LogP contribution >= 0.6 is 0 Å². The van der Waals surface area contributed by atoms with E-state index in [1.54, 1.807) is 24.1 Å². The molecule has 0 saturated carbocycles. The normalized spacial score (nSPS) is 21.9. The molecule has 34 heavy (non-hydrogen) atoms. The summed E-state index contributed by atoms with van der Waals surface area (Å²) in [6, 6.07) is 7.17. The van der Waals surface area contributed by atoms with E-state index in [2.05, 4.69) is 5.32 Å². The van der Waals surface area contributed by atoms with E-state index < -0.39 is 23.6 Å². The predicted octanol–water partition coefficient (Wildman–Crippen LogP) is 3.16. The molecule has 0 spiro atoms. The van der Waals surface area contributed by atoms with Crippen molar-refractivity contribution in [2.45, 2.75) is 37.5 Å². The Morgan fingerprint density at radius 2 is 1.94 bits per heavy atom. The van der Waals surface area contributed by atoms with Crippen LogP contribution in [0.25, 0.3) is 0 Å². The quantitative estimate of drug-likeness (QED) is 0.685. The van der Waals surface area contributed by atoms with Crippen LogP contribution in [0.2, 0.25) is 0 Å². The largest absolute Gasteiger partial charge is 0.490 e. The molecule has 10 heteroatoms. The Morgan fingerprint density at radius 1 is 1.15 bits per heavy atom. The zero-order chi connectivity index (χ0) is 24.4. The first-order chi connectivity index (χ1) is 16.3. The van der Waals surface area contributed by atoms with Gasteiger partial charge in [0.25, 0.3) is 11.8 Å². The van der Waals surface area contributed by atoms with Crippen LogP contribution in [0.4, 0.5) is 14.5 Å². The van der Waals surface area contributed by atoms with E-state index in [0.29, 0.717) is 24.3 Å². The topological polar surface area (TPSA) is 94.2 Å². The first-order valence-electron chi connectivity index (χ1n) is 10.8. The van der Waals surface area contributed by atoms with E-state index in [4.69, 9.17) is 14.2 Å². The lowest BCUT2D eigenvalue weighted by molar-refractivity contribution is -0.151. The van der Waals surface area contributed by atoms with Crippen molar-refractivity contribution in [3.05, 3.63) is 59.2 Å². The number of nitrogens with one attached hydrogen (secondary N) is 1. The van der Waals surface area contributed by atoms with Crippen molar-refractivity contribution in [2.24, 2.45) is 0 Å². The maximum Gasteiger partial charge on any atom is 0.308 e. The van der Waals surface area contributed by atoms with Crippen molar-refractivity contribution in [2.75, 3.05) is 26.1 Å². The molecule has 2 aliphatic heterocycles. The molecule has 2 aromatic rings. The summed E-state index contributed by atoms with van der Waals surface area (Å²) in [5, 5.41) is 2.59. The molecule has 2 aromatic carbocycles. The highest BCUT2D eigenvalue weighted by molar-refractivity contribution is 6.05. The first-order valence-corrected chi connectivity index (χ1v) is 10.8. The molecule has 3 atom stereocenters. The highest BCUT2D eigenvalue weighted by Crippen LogP contribution is 2.32. The first kappa shape index (κ1) is 23.6. The Kier molecular flexibility index (Phi) is 6.78. The minimum Gasteiger partial charge on any atom is -0.490 e. The number of amides is 2. The fourth-order valence-electron chi connectivity index (χ4n) is 4.22. The zero-order valence-electron chi connectivity index (χ0n) is 18.7. The van der Waals surface area contributed by atoms with Crippen molar-refractivity contribution >= 4 is 23.5 Å². The minimum atomic E-state index is -1.13. The third kappa shape index (κ3) is 4.86. The molecule has 0 radical (unpaired) electrons. The van der Waals surface area contributed by atoms with Gasteiger partial charge in [-0.3, -0.25) is 14.4 Å². The van der Waals surface area contributed by atoms with Gasteiger partial charge in [0.15, 0.2) is 11.6 Å². The molecule has 8 nitrogen and oxygen atoms in total. The van der Waals surface area contributed by atoms with Crippen LogP contribution in [0, 0.1) is 11.6 Å². The van der Waals surface area contributed by atoms with Gasteiger partial charge in [-0.15, -0.1) is 0 Å². The maximum atomic E-state index is 13.5. The summed E-state index contributed by atoms with van der Waals surface area (Å²) in [6.07, 6.45) is 0.617. The molecule has 2 aliphatic rings. The molecule has 2 amide bonds. The molecule has 1 fully saturated rings. The Balaban J connectivity index is 1.52. The number of rotatable bonds is 4. The summed E-state index contributed by atoms with van der Waals surface area (Å²) in [4.78, 5) is 38.9. The summed E-state index contributed by atoms with van der Waals surface area (Å²) in [6.45, 7) is 0.174. The summed E-state index contributed by atoms with van der Waals surface area (Å²) in [5.74, 6) is -3.19. The van der Waals surface area contributed by atoms with E-state index in [-0.39, 0.29) is 48.2 Å². The van der Waals surface area contributed by atoms with Crippen LogP contribution in [0.15, 0.2) is 36.4 Å². The standard InChI is InChI=1S/C24H24F2N2O6/c1-28-19-7-5-15(11-22(29)32-2)34-21(19)12-33-20-8-4-14(10-16(20)24(28)31)27-23(30)13-3-6-17(25)18(26)9-13/h3-4,6,8-10,15,19,21H,5,7,11-12H2,1-2H3,(H,27,30)/t15-,19+,21+/m1/s1. The average Bonchev–Trinajstić information content (AvgIpc) is 2.83.